The zero-order chi connectivity index (χ0) is 11.1. The third kappa shape index (κ3) is 1.99. The number of halogens is 3. The molecule has 1 spiro atoms. The standard InChI is InChI=1S/C10H16F3NO/c11-10(12,13)6-15-8-5-7(14)9(8)3-1-2-4-9/h7-8H,1-6,14H2. The average Bonchev–Trinajstić information content (AvgIpc) is 2.61. The van der Waals surface area contributed by atoms with E-state index in [1.807, 2.05) is 0 Å². The van der Waals surface area contributed by atoms with E-state index >= 15 is 0 Å². The van der Waals surface area contributed by atoms with Crippen LogP contribution in [-0.2, 0) is 4.74 Å². The van der Waals surface area contributed by atoms with Crippen molar-refractivity contribution in [3.8, 4) is 0 Å². The molecule has 2 rings (SSSR count). The van der Waals surface area contributed by atoms with Gasteiger partial charge in [-0.2, -0.15) is 13.2 Å². The molecule has 88 valence electrons. The van der Waals surface area contributed by atoms with E-state index in [-0.39, 0.29) is 17.6 Å². The van der Waals surface area contributed by atoms with Gasteiger partial charge in [-0.25, -0.2) is 0 Å². The van der Waals surface area contributed by atoms with Crippen LogP contribution in [0, 0.1) is 5.41 Å². The summed E-state index contributed by atoms with van der Waals surface area (Å²) in [6.45, 7) is -1.13. The van der Waals surface area contributed by atoms with E-state index < -0.39 is 12.8 Å². The minimum atomic E-state index is -4.22. The zero-order valence-electron chi connectivity index (χ0n) is 8.52. The lowest BCUT2D eigenvalue weighted by atomic mass is 9.61. The fourth-order valence-electron chi connectivity index (χ4n) is 2.93. The van der Waals surface area contributed by atoms with Crippen molar-refractivity contribution >= 4 is 0 Å². The van der Waals surface area contributed by atoms with E-state index in [9.17, 15) is 13.2 Å². The third-order valence-corrected chi connectivity index (χ3v) is 3.83. The van der Waals surface area contributed by atoms with Gasteiger partial charge in [0.15, 0.2) is 0 Å². The Hall–Kier alpha value is -0.290. The largest absolute Gasteiger partial charge is 0.411 e. The predicted molar refractivity (Wildman–Crippen MR) is 49.3 cm³/mol. The van der Waals surface area contributed by atoms with Gasteiger partial charge in [-0.15, -0.1) is 0 Å². The summed E-state index contributed by atoms with van der Waals surface area (Å²) < 4.78 is 40.9. The second-order valence-electron chi connectivity index (χ2n) is 4.70. The Balaban J connectivity index is 1.89. The SMILES string of the molecule is NC1CC(OCC(F)(F)F)C12CCCC2. The van der Waals surface area contributed by atoms with Crippen LogP contribution in [0.4, 0.5) is 13.2 Å². The van der Waals surface area contributed by atoms with Gasteiger partial charge in [0, 0.05) is 11.5 Å². The predicted octanol–water partition coefficient (Wildman–Crippen LogP) is 2.23. The Morgan fingerprint density at radius 3 is 2.33 bits per heavy atom. The van der Waals surface area contributed by atoms with Crippen LogP contribution in [-0.4, -0.2) is 24.9 Å². The molecule has 2 fully saturated rings. The maximum Gasteiger partial charge on any atom is 0.411 e. The molecule has 2 saturated carbocycles. The molecule has 0 aliphatic heterocycles. The van der Waals surface area contributed by atoms with Crippen LogP contribution >= 0.6 is 0 Å². The molecule has 2 aliphatic carbocycles. The van der Waals surface area contributed by atoms with Crippen LogP contribution in [0.3, 0.4) is 0 Å². The topological polar surface area (TPSA) is 35.2 Å². The Morgan fingerprint density at radius 1 is 1.27 bits per heavy atom. The highest BCUT2D eigenvalue weighted by Crippen LogP contribution is 2.53. The van der Waals surface area contributed by atoms with Crippen molar-refractivity contribution in [1.29, 1.82) is 0 Å². The number of hydrogen-bond donors (Lipinski definition) is 1. The fourth-order valence-corrected chi connectivity index (χ4v) is 2.93. The van der Waals surface area contributed by atoms with Gasteiger partial charge in [0.1, 0.15) is 6.61 Å². The molecule has 0 radical (unpaired) electrons. The van der Waals surface area contributed by atoms with E-state index in [4.69, 9.17) is 10.5 Å². The van der Waals surface area contributed by atoms with Crippen LogP contribution < -0.4 is 5.73 Å². The van der Waals surface area contributed by atoms with E-state index in [0.717, 1.165) is 25.7 Å². The first-order chi connectivity index (χ1) is 6.94. The number of alkyl halides is 3. The monoisotopic (exact) mass is 223 g/mol. The maximum atomic E-state index is 12.0. The summed E-state index contributed by atoms with van der Waals surface area (Å²) in [4.78, 5) is 0. The van der Waals surface area contributed by atoms with Gasteiger partial charge >= 0.3 is 6.18 Å². The molecule has 0 saturated heterocycles. The summed E-state index contributed by atoms with van der Waals surface area (Å²) in [5, 5.41) is 0. The first-order valence-corrected chi connectivity index (χ1v) is 5.38. The van der Waals surface area contributed by atoms with Crippen molar-refractivity contribution in [1.82, 2.24) is 0 Å². The van der Waals surface area contributed by atoms with Crippen LogP contribution in [0.15, 0.2) is 0 Å². The number of rotatable bonds is 2. The lowest BCUT2D eigenvalue weighted by molar-refractivity contribution is -0.219. The molecule has 2 nitrogen and oxygen atoms in total. The molecule has 0 amide bonds. The lowest BCUT2D eigenvalue weighted by Gasteiger charge is -2.52. The second-order valence-corrected chi connectivity index (χ2v) is 4.70. The first-order valence-electron chi connectivity index (χ1n) is 5.38. The van der Waals surface area contributed by atoms with Crippen molar-refractivity contribution in [3.05, 3.63) is 0 Å². The molecule has 5 heteroatoms. The molecule has 0 aromatic carbocycles. The molecule has 2 aliphatic rings. The normalized spacial score (nSPS) is 34.4. The van der Waals surface area contributed by atoms with E-state index in [1.54, 1.807) is 0 Å². The van der Waals surface area contributed by atoms with Crippen molar-refractivity contribution in [3.63, 3.8) is 0 Å². The van der Waals surface area contributed by atoms with Crippen LogP contribution in [0.5, 0.6) is 0 Å². The Kier molecular flexibility index (Phi) is 2.71. The van der Waals surface area contributed by atoms with Crippen molar-refractivity contribution in [2.24, 2.45) is 11.1 Å². The van der Waals surface area contributed by atoms with Gasteiger partial charge in [-0.1, -0.05) is 12.8 Å². The minimum Gasteiger partial charge on any atom is -0.368 e. The first kappa shape index (κ1) is 11.2. The molecule has 0 aromatic rings. The van der Waals surface area contributed by atoms with Gasteiger partial charge in [0.05, 0.1) is 6.10 Å². The molecule has 0 bridgehead atoms. The van der Waals surface area contributed by atoms with Crippen molar-refractivity contribution in [2.45, 2.75) is 50.4 Å². The molecule has 0 heterocycles. The molecule has 0 aromatic heterocycles. The van der Waals surface area contributed by atoms with Gasteiger partial charge in [-0.3, -0.25) is 0 Å². The molecule has 15 heavy (non-hydrogen) atoms. The van der Waals surface area contributed by atoms with Crippen LogP contribution in [0.1, 0.15) is 32.1 Å². The van der Waals surface area contributed by atoms with Gasteiger partial charge in [-0.05, 0) is 19.3 Å². The van der Waals surface area contributed by atoms with Gasteiger partial charge in [0.25, 0.3) is 0 Å². The molecule has 2 N–H and O–H groups in total. The highest BCUT2D eigenvalue weighted by atomic mass is 19.4. The van der Waals surface area contributed by atoms with E-state index in [1.165, 1.54) is 0 Å². The Bertz CT molecular complexity index is 235. The summed E-state index contributed by atoms with van der Waals surface area (Å²) in [5.41, 5.74) is 5.75. The average molecular weight is 223 g/mol. The van der Waals surface area contributed by atoms with E-state index in [2.05, 4.69) is 0 Å². The summed E-state index contributed by atoms with van der Waals surface area (Å²) >= 11 is 0. The summed E-state index contributed by atoms with van der Waals surface area (Å²) in [7, 11) is 0. The zero-order valence-corrected chi connectivity index (χ0v) is 8.52. The van der Waals surface area contributed by atoms with E-state index in [0.29, 0.717) is 6.42 Å². The summed E-state index contributed by atoms with van der Waals surface area (Å²) in [6, 6.07) is 0.0400. The molecular formula is C10H16F3NO. The third-order valence-electron chi connectivity index (χ3n) is 3.83. The number of hydrogen-bond acceptors (Lipinski definition) is 2. The van der Waals surface area contributed by atoms with Crippen molar-refractivity contribution in [2.75, 3.05) is 6.61 Å². The summed E-state index contributed by atoms with van der Waals surface area (Å²) in [6.07, 6.45) is 0.0823. The smallest absolute Gasteiger partial charge is 0.368 e. The molecule has 2 atom stereocenters. The van der Waals surface area contributed by atoms with Gasteiger partial charge in [0.2, 0.25) is 0 Å². The van der Waals surface area contributed by atoms with Crippen LogP contribution in [0.2, 0.25) is 0 Å². The molecule has 2 unspecified atom stereocenters. The number of nitrogens with two attached hydrogens (primary N) is 1. The molecular weight excluding hydrogens is 207 g/mol. The Morgan fingerprint density at radius 2 is 1.87 bits per heavy atom. The van der Waals surface area contributed by atoms with Gasteiger partial charge < -0.3 is 10.5 Å². The lowest BCUT2D eigenvalue weighted by Crippen LogP contribution is -2.61. The highest BCUT2D eigenvalue weighted by molar-refractivity contribution is 5.08. The maximum absolute atomic E-state index is 12.0. The minimum absolute atomic E-state index is 0.0400. The summed E-state index contributed by atoms with van der Waals surface area (Å²) in [5.74, 6) is 0. The fraction of sp³-hybridized carbons (Fsp3) is 1.00. The quantitative estimate of drug-likeness (QED) is 0.779. The Labute approximate surface area is 87.0 Å². The second kappa shape index (κ2) is 3.63. The van der Waals surface area contributed by atoms with Crippen LogP contribution in [0.25, 0.3) is 0 Å². The van der Waals surface area contributed by atoms with Crippen molar-refractivity contribution < 1.29 is 17.9 Å². The highest BCUT2D eigenvalue weighted by Gasteiger charge is 2.55. The number of ether oxygens (including phenoxy) is 1.